The predicted octanol–water partition coefficient (Wildman–Crippen LogP) is 2.65. The van der Waals surface area contributed by atoms with E-state index in [2.05, 4.69) is 15.3 Å². The van der Waals surface area contributed by atoms with Crippen LogP contribution in [0.15, 0.2) is 30.6 Å². The number of halogens is 2. The van der Waals surface area contributed by atoms with E-state index in [1.807, 2.05) is 0 Å². The molecule has 0 atom stereocenters. The lowest BCUT2D eigenvalue weighted by Gasteiger charge is -2.06. The molecule has 0 saturated heterocycles. The van der Waals surface area contributed by atoms with E-state index in [4.69, 9.17) is 28.3 Å². The van der Waals surface area contributed by atoms with Crippen molar-refractivity contribution < 1.29 is 14.7 Å². The standard InChI is InChI=1S/C14H11Cl2N3O3/c15-9-2-1-8(5-10(9)16)11-6-12(19-7-18-11)14(22)17-4-3-13(20)21/h1-2,5-7H,3-4H2,(H,17,22)(H,20,21). The number of amides is 1. The summed E-state index contributed by atoms with van der Waals surface area (Å²) in [5.41, 5.74) is 1.34. The molecule has 2 rings (SSSR count). The zero-order valence-electron chi connectivity index (χ0n) is 11.2. The summed E-state index contributed by atoms with van der Waals surface area (Å²) in [6.45, 7) is 0.0281. The topological polar surface area (TPSA) is 92.2 Å². The molecule has 0 spiro atoms. The molecular formula is C14H11Cl2N3O3. The number of aromatic nitrogens is 2. The SMILES string of the molecule is O=C(O)CCNC(=O)c1cc(-c2ccc(Cl)c(Cl)c2)ncn1. The van der Waals surface area contributed by atoms with Crippen molar-refractivity contribution >= 4 is 35.1 Å². The van der Waals surface area contributed by atoms with Gasteiger partial charge in [-0.05, 0) is 18.2 Å². The van der Waals surface area contributed by atoms with Gasteiger partial charge < -0.3 is 10.4 Å². The van der Waals surface area contributed by atoms with Crippen LogP contribution in [0.5, 0.6) is 0 Å². The van der Waals surface area contributed by atoms with Gasteiger partial charge in [-0.25, -0.2) is 9.97 Å². The highest BCUT2D eigenvalue weighted by Gasteiger charge is 2.11. The zero-order valence-corrected chi connectivity index (χ0v) is 12.7. The summed E-state index contributed by atoms with van der Waals surface area (Å²) >= 11 is 11.8. The molecule has 0 aliphatic carbocycles. The molecule has 0 fully saturated rings. The van der Waals surface area contributed by atoms with Crippen LogP contribution in [0.1, 0.15) is 16.9 Å². The van der Waals surface area contributed by atoms with Gasteiger partial charge in [0.2, 0.25) is 0 Å². The molecule has 0 unspecified atom stereocenters. The average Bonchev–Trinajstić information content (AvgIpc) is 2.49. The number of hydrogen-bond donors (Lipinski definition) is 2. The molecule has 0 saturated carbocycles. The van der Waals surface area contributed by atoms with Gasteiger partial charge in [0.05, 0.1) is 22.2 Å². The number of nitrogens with one attached hydrogen (secondary N) is 1. The maximum absolute atomic E-state index is 11.9. The van der Waals surface area contributed by atoms with Crippen molar-refractivity contribution in [3.8, 4) is 11.3 Å². The summed E-state index contributed by atoms with van der Waals surface area (Å²) in [6.07, 6.45) is 1.10. The van der Waals surface area contributed by atoms with Crippen molar-refractivity contribution in [1.29, 1.82) is 0 Å². The fraction of sp³-hybridized carbons (Fsp3) is 0.143. The summed E-state index contributed by atoms with van der Waals surface area (Å²) in [6, 6.07) is 6.49. The maximum atomic E-state index is 11.9. The Balaban J connectivity index is 2.17. The number of benzene rings is 1. The number of rotatable bonds is 5. The van der Waals surface area contributed by atoms with Crippen LogP contribution in [-0.4, -0.2) is 33.5 Å². The average molecular weight is 340 g/mol. The molecule has 0 radical (unpaired) electrons. The lowest BCUT2D eigenvalue weighted by atomic mass is 10.1. The van der Waals surface area contributed by atoms with Crippen molar-refractivity contribution in [2.75, 3.05) is 6.54 Å². The molecule has 0 aliphatic rings. The molecular weight excluding hydrogens is 329 g/mol. The molecule has 0 aliphatic heterocycles. The highest BCUT2D eigenvalue weighted by atomic mass is 35.5. The number of carbonyl (C=O) groups is 2. The third-order valence-corrected chi connectivity index (χ3v) is 3.48. The Kier molecular flexibility index (Phi) is 5.30. The normalized spacial score (nSPS) is 10.3. The second kappa shape index (κ2) is 7.20. The largest absolute Gasteiger partial charge is 0.481 e. The van der Waals surface area contributed by atoms with Crippen LogP contribution in [0.3, 0.4) is 0 Å². The Morgan fingerprint density at radius 3 is 2.59 bits per heavy atom. The summed E-state index contributed by atoms with van der Waals surface area (Å²) in [7, 11) is 0. The van der Waals surface area contributed by atoms with Crippen LogP contribution in [0.2, 0.25) is 10.0 Å². The summed E-state index contributed by atoms with van der Waals surface area (Å²) in [5.74, 6) is -1.45. The van der Waals surface area contributed by atoms with E-state index in [-0.39, 0.29) is 18.7 Å². The molecule has 1 aromatic carbocycles. The molecule has 6 nitrogen and oxygen atoms in total. The van der Waals surface area contributed by atoms with Gasteiger partial charge in [0.1, 0.15) is 12.0 Å². The third-order valence-electron chi connectivity index (χ3n) is 2.74. The van der Waals surface area contributed by atoms with Gasteiger partial charge in [0, 0.05) is 12.1 Å². The van der Waals surface area contributed by atoms with Gasteiger partial charge in [-0.15, -0.1) is 0 Å². The van der Waals surface area contributed by atoms with Crippen LogP contribution < -0.4 is 5.32 Å². The van der Waals surface area contributed by atoms with E-state index in [0.717, 1.165) is 0 Å². The summed E-state index contributed by atoms with van der Waals surface area (Å²) < 4.78 is 0. The van der Waals surface area contributed by atoms with E-state index >= 15 is 0 Å². The molecule has 114 valence electrons. The molecule has 0 bridgehead atoms. The third kappa shape index (κ3) is 4.16. The predicted molar refractivity (Wildman–Crippen MR) is 82.1 cm³/mol. The number of hydrogen-bond acceptors (Lipinski definition) is 4. The van der Waals surface area contributed by atoms with Gasteiger partial charge in [-0.2, -0.15) is 0 Å². The van der Waals surface area contributed by atoms with Crippen molar-refractivity contribution in [2.24, 2.45) is 0 Å². The number of carboxylic acids is 1. The van der Waals surface area contributed by atoms with Crippen molar-refractivity contribution in [3.05, 3.63) is 46.3 Å². The molecule has 2 aromatic rings. The first-order chi connectivity index (χ1) is 10.5. The van der Waals surface area contributed by atoms with Crippen molar-refractivity contribution in [1.82, 2.24) is 15.3 Å². The van der Waals surface area contributed by atoms with Crippen LogP contribution >= 0.6 is 23.2 Å². The Hall–Kier alpha value is -2.18. The first kappa shape index (κ1) is 16.2. The molecule has 1 amide bonds. The Labute approximate surface area is 136 Å². The van der Waals surface area contributed by atoms with Gasteiger partial charge in [0.15, 0.2) is 0 Å². The second-order valence-corrected chi connectivity index (χ2v) is 5.13. The summed E-state index contributed by atoms with van der Waals surface area (Å²) in [4.78, 5) is 30.3. The molecule has 2 N–H and O–H groups in total. The zero-order chi connectivity index (χ0) is 16.1. The minimum absolute atomic E-state index is 0.0281. The van der Waals surface area contributed by atoms with Crippen LogP contribution in [-0.2, 0) is 4.79 Å². The minimum Gasteiger partial charge on any atom is -0.481 e. The maximum Gasteiger partial charge on any atom is 0.305 e. The van der Waals surface area contributed by atoms with Crippen molar-refractivity contribution in [2.45, 2.75) is 6.42 Å². The smallest absolute Gasteiger partial charge is 0.305 e. The second-order valence-electron chi connectivity index (χ2n) is 4.32. The Morgan fingerprint density at radius 2 is 1.91 bits per heavy atom. The highest BCUT2D eigenvalue weighted by Crippen LogP contribution is 2.27. The van der Waals surface area contributed by atoms with E-state index in [0.29, 0.717) is 21.3 Å². The quantitative estimate of drug-likeness (QED) is 0.873. The van der Waals surface area contributed by atoms with Gasteiger partial charge in [-0.3, -0.25) is 9.59 Å². The fourth-order valence-corrected chi connectivity index (χ4v) is 1.97. The highest BCUT2D eigenvalue weighted by molar-refractivity contribution is 6.42. The van der Waals surface area contributed by atoms with Crippen molar-refractivity contribution in [3.63, 3.8) is 0 Å². The first-order valence-electron chi connectivity index (χ1n) is 6.25. The molecule has 1 aromatic heterocycles. The summed E-state index contributed by atoms with van der Waals surface area (Å²) in [5, 5.41) is 11.8. The van der Waals surface area contributed by atoms with E-state index in [1.54, 1.807) is 18.2 Å². The van der Waals surface area contributed by atoms with Crippen LogP contribution in [0.25, 0.3) is 11.3 Å². The Bertz CT molecular complexity index is 722. The first-order valence-corrected chi connectivity index (χ1v) is 7.00. The lowest BCUT2D eigenvalue weighted by Crippen LogP contribution is -2.26. The van der Waals surface area contributed by atoms with Gasteiger partial charge in [0.25, 0.3) is 5.91 Å². The van der Waals surface area contributed by atoms with E-state index in [9.17, 15) is 9.59 Å². The van der Waals surface area contributed by atoms with Crippen LogP contribution in [0.4, 0.5) is 0 Å². The van der Waals surface area contributed by atoms with Crippen LogP contribution in [0, 0.1) is 0 Å². The van der Waals surface area contributed by atoms with E-state index < -0.39 is 11.9 Å². The fourth-order valence-electron chi connectivity index (χ4n) is 1.67. The molecule has 22 heavy (non-hydrogen) atoms. The van der Waals surface area contributed by atoms with E-state index in [1.165, 1.54) is 12.4 Å². The minimum atomic E-state index is -0.987. The number of aliphatic carboxylic acids is 1. The number of nitrogens with zero attached hydrogens (tertiary/aromatic N) is 2. The lowest BCUT2D eigenvalue weighted by molar-refractivity contribution is -0.136. The molecule has 8 heteroatoms. The number of carboxylic acid groups (broad SMARTS) is 1. The monoisotopic (exact) mass is 339 g/mol. The van der Waals surface area contributed by atoms with Gasteiger partial charge >= 0.3 is 5.97 Å². The Morgan fingerprint density at radius 1 is 1.14 bits per heavy atom. The molecule has 1 heterocycles. The van der Waals surface area contributed by atoms with Gasteiger partial charge in [-0.1, -0.05) is 29.3 Å². The number of carbonyl (C=O) groups excluding carboxylic acids is 1.